The Morgan fingerprint density at radius 3 is 2.50 bits per heavy atom. The predicted molar refractivity (Wildman–Crippen MR) is 88.8 cm³/mol. The van der Waals surface area contributed by atoms with Gasteiger partial charge < -0.3 is 5.32 Å². The molecule has 0 aromatic heterocycles. The fraction of sp³-hybridized carbons (Fsp3) is 0.562. The molecule has 1 aromatic rings. The van der Waals surface area contributed by atoms with Crippen LogP contribution in [0.2, 0.25) is 5.02 Å². The van der Waals surface area contributed by atoms with Crippen molar-refractivity contribution in [1.29, 1.82) is 0 Å². The van der Waals surface area contributed by atoms with Crippen molar-refractivity contribution in [3.05, 3.63) is 34.9 Å². The molecule has 0 spiro atoms. The van der Waals surface area contributed by atoms with Crippen molar-refractivity contribution in [2.75, 3.05) is 6.26 Å². The lowest BCUT2D eigenvalue weighted by Gasteiger charge is -2.30. The quantitative estimate of drug-likeness (QED) is 0.894. The van der Waals surface area contributed by atoms with Gasteiger partial charge in [0.1, 0.15) is 0 Å². The molecule has 4 nitrogen and oxygen atoms in total. The van der Waals surface area contributed by atoms with E-state index < -0.39 is 15.1 Å². The fourth-order valence-corrected chi connectivity index (χ4v) is 4.48. The number of sulfone groups is 1. The molecular formula is C16H22ClNO3S. The SMILES string of the molecule is CS(=O)(=O)[C@@H]1CCCC[C@H]1NC(=O)CCc1ccc(Cl)cc1. The summed E-state index contributed by atoms with van der Waals surface area (Å²) in [6.07, 6.45) is 5.50. The zero-order valence-corrected chi connectivity index (χ0v) is 14.3. The maximum Gasteiger partial charge on any atom is 0.220 e. The van der Waals surface area contributed by atoms with Crippen LogP contribution in [0.4, 0.5) is 0 Å². The molecule has 1 fully saturated rings. The monoisotopic (exact) mass is 343 g/mol. The fourth-order valence-electron chi connectivity index (χ4n) is 2.96. The Morgan fingerprint density at radius 1 is 1.23 bits per heavy atom. The second-order valence-corrected chi connectivity index (χ2v) is 8.65. The molecule has 0 bridgehead atoms. The molecule has 0 unspecified atom stereocenters. The van der Waals surface area contributed by atoms with Crippen LogP contribution in [-0.4, -0.2) is 31.9 Å². The summed E-state index contributed by atoms with van der Waals surface area (Å²) in [5.74, 6) is -0.0875. The minimum atomic E-state index is -3.12. The van der Waals surface area contributed by atoms with E-state index in [0.29, 0.717) is 24.3 Å². The van der Waals surface area contributed by atoms with Crippen molar-refractivity contribution in [1.82, 2.24) is 5.32 Å². The molecule has 2 atom stereocenters. The van der Waals surface area contributed by atoms with Crippen LogP contribution in [0.1, 0.15) is 37.7 Å². The van der Waals surface area contributed by atoms with E-state index in [2.05, 4.69) is 5.32 Å². The normalized spacial score (nSPS) is 22.3. The van der Waals surface area contributed by atoms with E-state index in [0.717, 1.165) is 24.8 Å². The number of hydrogen-bond donors (Lipinski definition) is 1. The number of nitrogens with one attached hydrogen (secondary N) is 1. The van der Waals surface area contributed by atoms with Crippen LogP contribution in [0.5, 0.6) is 0 Å². The number of benzene rings is 1. The first-order chi connectivity index (χ1) is 10.4. The summed E-state index contributed by atoms with van der Waals surface area (Å²) in [5.41, 5.74) is 1.04. The molecule has 2 rings (SSSR count). The Hall–Kier alpha value is -1.07. The minimum Gasteiger partial charge on any atom is -0.352 e. The highest BCUT2D eigenvalue weighted by Gasteiger charge is 2.33. The van der Waals surface area contributed by atoms with Crippen molar-refractivity contribution < 1.29 is 13.2 Å². The molecule has 122 valence electrons. The van der Waals surface area contributed by atoms with Gasteiger partial charge in [0.05, 0.1) is 5.25 Å². The first-order valence-electron chi connectivity index (χ1n) is 7.59. The number of aryl methyl sites for hydroxylation is 1. The van der Waals surface area contributed by atoms with Crippen LogP contribution >= 0.6 is 11.6 Å². The summed E-state index contributed by atoms with van der Waals surface area (Å²) in [7, 11) is -3.12. The zero-order valence-electron chi connectivity index (χ0n) is 12.7. The number of rotatable bonds is 5. The van der Waals surface area contributed by atoms with Gasteiger partial charge >= 0.3 is 0 Å². The Kier molecular flexibility index (Phi) is 5.87. The second kappa shape index (κ2) is 7.47. The van der Waals surface area contributed by atoms with E-state index in [1.165, 1.54) is 6.26 Å². The highest BCUT2D eigenvalue weighted by Crippen LogP contribution is 2.24. The molecule has 0 heterocycles. The van der Waals surface area contributed by atoms with E-state index >= 15 is 0 Å². The number of amides is 1. The third-order valence-corrected chi connectivity index (χ3v) is 6.07. The Bertz CT molecular complexity index is 613. The summed E-state index contributed by atoms with van der Waals surface area (Å²) < 4.78 is 23.7. The van der Waals surface area contributed by atoms with Gasteiger partial charge in [0.15, 0.2) is 9.84 Å². The average Bonchev–Trinajstić information content (AvgIpc) is 2.46. The molecular weight excluding hydrogens is 322 g/mol. The third kappa shape index (κ3) is 4.99. The van der Waals surface area contributed by atoms with Gasteiger partial charge in [-0.15, -0.1) is 0 Å². The smallest absolute Gasteiger partial charge is 0.220 e. The molecule has 1 saturated carbocycles. The zero-order chi connectivity index (χ0) is 16.2. The molecule has 1 aliphatic carbocycles. The lowest BCUT2D eigenvalue weighted by Crippen LogP contribution is -2.48. The van der Waals surface area contributed by atoms with Gasteiger partial charge in [-0.1, -0.05) is 36.6 Å². The van der Waals surface area contributed by atoms with Gasteiger partial charge in [0, 0.05) is 23.7 Å². The first kappa shape index (κ1) is 17.3. The number of hydrogen-bond acceptors (Lipinski definition) is 3. The van der Waals surface area contributed by atoms with Crippen LogP contribution < -0.4 is 5.32 Å². The van der Waals surface area contributed by atoms with Crippen molar-refractivity contribution >= 4 is 27.3 Å². The highest BCUT2D eigenvalue weighted by atomic mass is 35.5. The summed E-state index contributed by atoms with van der Waals surface area (Å²) in [6, 6.07) is 7.15. The van der Waals surface area contributed by atoms with Crippen molar-refractivity contribution in [2.45, 2.75) is 49.8 Å². The topological polar surface area (TPSA) is 63.2 Å². The van der Waals surface area contributed by atoms with E-state index in [1.807, 2.05) is 12.1 Å². The van der Waals surface area contributed by atoms with E-state index in [9.17, 15) is 13.2 Å². The molecule has 0 aliphatic heterocycles. The summed E-state index contributed by atoms with van der Waals surface area (Å²) in [6.45, 7) is 0. The molecule has 1 amide bonds. The van der Waals surface area contributed by atoms with Crippen LogP contribution in [-0.2, 0) is 21.1 Å². The van der Waals surface area contributed by atoms with Gasteiger partial charge in [-0.05, 0) is 37.0 Å². The highest BCUT2D eigenvalue weighted by molar-refractivity contribution is 7.91. The van der Waals surface area contributed by atoms with Crippen LogP contribution in [0.15, 0.2) is 24.3 Å². The standard InChI is InChI=1S/C16H22ClNO3S/c1-22(20,21)15-5-3-2-4-14(15)18-16(19)11-8-12-6-9-13(17)10-7-12/h6-7,9-10,14-15H,2-5,8,11H2,1H3,(H,18,19)/t14-,15-/m1/s1. The number of carbonyl (C=O) groups excluding carboxylic acids is 1. The Morgan fingerprint density at radius 2 is 1.86 bits per heavy atom. The molecule has 1 N–H and O–H groups in total. The minimum absolute atomic E-state index is 0.0875. The molecule has 6 heteroatoms. The lowest BCUT2D eigenvalue weighted by molar-refractivity contribution is -0.121. The first-order valence-corrected chi connectivity index (χ1v) is 9.92. The lowest BCUT2D eigenvalue weighted by atomic mass is 9.94. The van der Waals surface area contributed by atoms with Crippen LogP contribution in [0, 0.1) is 0 Å². The van der Waals surface area contributed by atoms with Crippen molar-refractivity contribution in [2.24, 2.45) is 0 Å². The molecule has 0 saturated heterocycles. The molecule has 22 heavy (non-hydrogen) atoms. The number of halogens is 1. The Balaban J connectivity index is 1.88. The summed E-state index contributed by atoms with van der Waals surface area (Å²) in [4.78, 5) is 12.1. The van der Waals surface area contributed by atoms with E-state index in [-0.39, 0.29) is 11.9 Å². The van der Waals surface area contributed by atoms with Gasteiger partial charge in [-0.25, -0.2) is 8.42 Å². The molecule has 1 aliphatic rings. The van der Waals surface area contributed by atoms with Crippen LogP contribution in [0.25, 0.3) is 0 Å². The van der Waals surface area contributed by atoms with Crippen molar-refractivity contribution in [3.63, 3.8) is 0 Å². The summed E-state index contributed by atoms with van der Waals surface area (Å²) >= 11 is 5.83. The third-order valence-electron chi connectivity index (χ3n) is 4.15. The average molecular weight is 344 g/mol. The maximum atomic E-state index is 12.1. The van der Waals surface area contributed by atoms with Crippen molar-refractivity contribution in [3.8, 4) is 0 Å². The van der Waals surface area contributed by atoms with E-state index in [1.54, 1.807) is 12.1 Å². The number of carbonyl (C=O) groups is 1. The van der Waals surface area contributed by atoms with Gasteiger partial charge in [-0.2, -0.15) is 0 Å². The predicted octanol–water partition coefficient (Wildman–Crippen LogP) is 2.74. The largest absolute Gasteiger partial charge is 0.352 e. The maximum absolute atomic E-state index is 12.1. The second-order valence-electron chi connectivity index (χ2n) is 5.95. The van der Waals surface area contributed by atoms with Gasteiger partial charge in [0.25, 0.3) is 0 Å². The summed E-state index contributed by atoms with van der Waals surface area (Å²) in [5, 5.41) is 3.14. The Labute approximate surface area is 137 Å². The molecule has 0 radical (unpaired) electrons. The van der Waals surface area contributed by atoms with Gasteiger partial charge in [-0.3, -0.25) is 4.79 Å². The van der Waals surface area contributed by atoms with Crippen LogP contribution in [0.3, 0.4) is 0 Å². The molecule has 1 aromatic carbocycles. The van der Waals surface area contributed by atoms with Gasteiger partial charge in [0.2, 0.25) is 5.91 Å². The van der Waals surface area contributed by atoms with E-state index in [4.69, 9.17) is 11.6 Å².